The molecule has 0 aliphatic rings. The van der Waals surface area contributed by atoms with Gasteiger partial charge in [0.05, 0.1) is 9.79 Å². The van der Waals surface area contributed by atoms with Crippen molar-refractivity contribution >= 4 is 20.1 Å². The first-order chi connectivity index (χ1) is 12.3. The Bertz CT molecular complexity index is 922. The SMILES string of the molecule is Cc1ccc(S(=O)(=O)N[C@@H](OS(=O)(=O)c2ccc(C)cc2)C(F)(F)F)cc1. The van der Waals surface area contributed by atoms with Gasteiger partial charge in [0.1, 0.15) is 0 Å². The Hall–Kier alpha value is -1.95. The Labute approximate surface area is 155 Å². The molecule has 0 aliphatic heterocycles. The third-order valence-corrected chi connectivity index (χ3v) is 6.14. The van der Waals surface area contributed by atoms with Crippen molar-refractivity contribution < 1.29 is 34.2 Å². The van der Waals surface area contributed by atoms with Crippen LogP contribution in [0.4, 0.5) is 13.2 Å². The molecule has 0 bridgehead atoms. The lowest BCUT2D eigenvalue weighted by Gasteiger charge is -2.21. The minimum absolute atomic E-state index is 0.460. The third kappa shape index (κ3) is 5.51. The lowest BCUT2D eigenvalue weighted by molar-refractivity contribution is -0.197. The van der Waals surface area contributed by atoms with E-state index in [4.69, 9.17) is 0 Å². The summed E-state index contributed by atoms with van der Waals surface area (Å²) >= 11 is 0. The molecule has 2 rings (SSSR count). The first-order valence-electron chi connectivity index (χ1n) is 7.47. The van der Waals surface area contributed by atoms with Crippen LogP contribution in [0.25, 0.3) is 0 Å². The molecular formula is C16H16F3NO5S2. The number of halogens is 3. The smallest absolute Gasteiger partial charge is 0.236 e. The standard InChI is InChI=1S/C16H16F3NO5S2/c1-11-3-7-13(8-4-11)26(21,22)20-15(16(17,18)19)25-27(23,24)14-9-5-12(2)6-10-14/h3-10,15,20H,1-2H3/t15-/m0/s1. The maximum absolute atomic E-state index is 13.2. The van der Waals surface area contributed by atoms with Crippen LogP contribution < -0.4 is 4.72 Å². The first-order valence-corrected chi connectivity index (χ1v) is 10.4. The van der Waals surface area contributed by atoms with Crippen molar-refractivity contribution in [3.8, 4) is 0 Å². The molecule has 148 valence electrons. The van der Waals surface area contributed by atoms with E-state index in [1.807, 2.05) is 0 Å². The largest absolute Gasteiger partial charge is 0.430 e. The Morgan fingerprint density at radius 3 is 1.63 bits per heavy atom. The summed E-state index contributed by atoms with van der Waals surface area (Å²) in [6, 6.07) is 9.84. The zero-order chi connectivity index (χ0) is 20.5. The molecule has 0 saturated heterocycles. The van der Waals surface area contributed by atoms with Crippen LogP contribution in [-0.2, 0) is 24.3 Å². The second kappa shape index (κ2) is 7.58. The van der Waals surface area contributed by atoms with E-state index in [1.165, 1.54) is 29.0 Å². The highest BCUT2D eigenvalue weighted by molar-refractivity contribution is 7.89. The van der Waals surface area contributed by atoms with Gasteiger partial charge in [0, 0.05) is 0 Å². The molecule has 0 fully saturated rings. The van der Waals surface area contributed by atoms with Crippen molar-refractivity contribution in [2.24, 2.45) is 0 Å². The summed E-state index contributed by atoms with van der Waals surface area (Å²) in [5, 5.41) is 0. The molecule has 0 saturated carbocycles. The quantitative estimate of drug-likeness (QED) is 0.570. The third-order valence-electron chi connectivity index (χ3n) is 3.42. The minimum atomic E-state index is -5.31. The second-order valence-electron chi connectivity index (χ2n) is 5.72. The Morgan fingerprint density at radius 1 is 0.815 bits per heavy atom. The molecule has 0 spiro atoms. The van der Waals surface area contributed by atoms with Gasteiger partial charge in [-0.05, 0) is 38.1 Å². The summed E-state index contributed by atoms with van der Waals surface area (Å²) in [4.78, 5) is -0.990. The maximum Gasteiger partial charge on any atom is 0.430 e. The van der Waals surface area contributed by atoms with Gasteiger partial charge in [0.15, 0.2) is 0 Å². The van der Waals surface area contributed by atoms with Crippen molar-refractivity contribution in [1.82, 2.24) is 4.72 Å². The van der Waals surface area contributed by atoms with Gasteiger partial charge < -0.3 is 0 Å². The van der Waals surface area contributed by atoms with E-state index in [0.717, 1.165) is 24.3 Å². The molecule has 0 aliphatic carbocycles. The summed E-state index contributed by atoms with van der Waals surface area (Å²) in [5.74, 6) is 0. The lowest BCUT2D eigenvalue weighted by atomic mass is 10.2. The van der Waals surface area contributed by atoms with Crippen molar-refractivity contribution in [3.05, 3.63) is 59.7 Å². The van der Waals surface area contributed by atoms with E-state index in [1.54, 1.807) is 13.8 Å². The molecule has 0 heterocycles. The number of hydrogen-bond acceptors (Lipinski definition) is 5. The van der Waals surface area contributed by atoms with E-state index >= 15 is 0 Å². The fourth-order valence-electron chi connectivity index (χ4n) is 1.95. The maximum atomic E-state index is 13.2. The van der Waals surface area contributed by atoms with Gasteiger partial charge in [-0.3, -0.25) is 0 Å². The summed E-state index contributed by atoms with van der Waals surface area (Å²) in [6.45, 7) is 3.32. The Kier molecular flexibility index (Phi) is 6.00. The monoisotopic (exact) mass is 423 g/mol. The van der Waals surface area contributed by atoms with Crippen LogP contribution in [0, 0.1) is 13.8 Å². The van der Waals surface area contributed by atoms with E-state index in [-0.39, 0.29) is 0 Å². The second-order valence-corrected chi connectivity index (χ2v) is 9.01. The highest BCUT2D eigenvalue weighted by atomic mass is 32.2. The van der Waals surface area contributed by atoms with Crippen LogP contribution in [0.5, 0.6) is 0 Å². The van der Waals surface area contributed by atoms with Gasteiger partial charge in [-0.1, -0.05) is 35.4 Å². The number of aryl methyl sites for hydroxylation is 2. The molecule has 0 amide bonds. The molecule has 2 aromatic carbocycles. The van der Waals surface area contributed by atoms with Gasteiger partial charge in [-0.2, -0.15) is 26.3 Å². The summed E-state index contributed by atoms with van der Waals surface area (Å²) < 4.78 is 93.7. The predicted molar refractivity (Wildman–Crippen MR) is 90.8 cm³/mol. The molecule has 27 heavy (non-hydrogen) atoms. The molecule has 0 unspecified atom stereocenters. The van der Waals surface area contributed by atoms with Crippen LogP contribution in [0.3, 0.4) is 0 Å². The van der Waals surface area contributed by atoms with Crippen molar-refractivity contribution in [3.63, 3.8) is 0 Å². The molecule has 2 aromatic rings. The van der Waals surface area contributed by atoms with E-state index < -0.39 is 42.3 Å². The van der Waals surface area contributed by atoms with Crippen LogP contribution >= 0.6 is 0 Å². The average molecular weight is 423 g/mol. The fourth-order valence-corrected chi connectivity index (χ4v) is 4.10. The van der Waals surface area contributed by atoms with Crippen LogP contribution in [0.2, 0.25) is 0 Å². The van der Waals surface area contributed by atoms with Gasteiger partial charge >= 0.3 is 6.18 Å². The molecule has 11 heteroatoms. The Balaban J connectivity index is 2.33. The van der Waals surface area contributed by atoms with Crippen LogP contribution in [0.1, 0.15) is 11.1 Å². The number of benzene rings is 2. The van der Waals surface area contributed by atoms with Gasteiger partial charge in [0.25, 0.3) is 10.1 Å². The van der Waals surface area contributed by atoms with E-state index in [9.17, 15) is 30.0 Å². The topological polar surface area (TPSA) is 89.5 Å². The van der Waals surface area contributed by atoms with Gasteiger partial charge in [-0.25, -0.2) is 12.6 Å². The molecule has 0 aromatic heterocycles. The number of hydrogen-bond donors (Lipinski definition) is 1. The van der Waals surface area contributed by atoms with Gasteiger partial charge in [-0.15, -0.1) is 0 Å². The van der Waals surface area contributed by atoms with Crippen molar-refractivity contribution in [2.75, 3.05) is 0 Å². The number of rotatable bonds is 6. The molecular weight excluding hydrogens is 407 g/mol. The summed E-state index contributed by atoms with van der Waals surface area (Å²) in [6.07, 6.45) is -8.59. The fraction of sp³-hybridized carbons (Fsp3) is 0.250. The highest BCUT2D eigenvalue weighted by Gasteiger charge is 2.46. The van der Waals surface area contributed by atoms with Gasteiger partial charge in [0.2, 0.25) is 16.3 Å². The number of alkyl halides is 3. The highest BCUT2D eigenvalue weighted by Crippen LogP contribution is 2.27. The number of nitrogens with one attached hydrogen (secondary N) is 1. The van der Waals surface area contributed by atoms with E-state index in [2.05, 4.69) is 4.18 Å². The average Bonchev–Trinajstić information content (AvgIpc) is 2.54. The zero-order valence-corrected chi connectivity index (χ0v) is 15.8. The molecule has 1 atom stereocenters. The molecule has 0 radical (unpaired) electrons. The van der Waals surface area contributed by atoms with E-state index in [0.29, 0.717) is 11.1 Å². The minimum Gasteiger partial charge on any atom is -0.236 e. The number of sulfonamides is 1. The predicted octanol–water partition coefficient (Wildman–Crippen LogP) is 2.88. The Morgan fingerprint density at radius 2 is 1.22 bits per heavy atom. The molecule has 1 N–H and O–H groups in total. The molecule has 6 nitrogen and oxygen atoms in total. The zero-order valence-electron chi connectivity index (χ0n) is 14.2. The summed E-state index contributed by atoms with van der Waals surface area (Å²) in [7, 11) is -9.55. The first kappa shape index (κ1) is 21.4. The van der Waals surface area contributed by atoms with Crippen LogP contribution in [0.15, 0.2) is 58.3 Å². The summed E-state index contributed by atoms with van der Waals surface area (Å²) in [5.41, 5.74) is 1.38. The lowest BCUT2D eigenvalue weighted by Crippen LogP contribution is -2.48. The van der Waals surface area contributed by atoms with Crippen molar-refractivity contribution in [1.29, 1.82) is 0 Å². The van der Waals surface area contributed by atoms with Crippen molar-refractivity contribution in [2.45, 2.75) is 36.0 Å². The normalized spacial score (nSPS) is 14.1. The van der Waals surface area contributed by atoms with Crippen LogP contribution in [-0.4, -0.2) is 29.2 Å².